The van der Waals surface area contributed by atoms with E-state index < -0.39 is 0 Å². The number of ether oxygens (including phenoxy) is 1. The van der Waals surface area contributed by atoms with Crippen molar-refractivity contribution in [3.63, 3.8) is 0 Å². The van der Waals surface area contributed by atoms with Crippen LogP contribution in [0.15, 0.2) is 48.5 Å². The minimum Gasteiger partial charge on any atom is -0.465 e. The maximum Gasteiger partial charge on any atom is 0.337 e. The first-order valence-electron chi connectivity index (χ1n) is 6.73. The molecule has 0 aliphatic rings. The van der Waals surface area contributed by atoms with Crippen LogP contribution in [-0.4, -0.2) is 19.6 Å². The van der Waals surface area contributed by atoms with Gasteiger partial charge in [-0.05, 0) is 48.2 Å². The van der Waals surface area contributed by atoms with Gasteiger partial charge in [0, 0.05) is 0 Å². The Bertz CT molecular complexity index is 593. The van der Waals surface area contributed by atoms with Crippen LogP contribution in [0.4, 0.5) is 0 Å². The summed E-state index contributed by atoms with van der Waals surface area (Å²) in [6.07, 6.45) is 1.89. The number of aryl methyl sites for hydroxylation is 1. The van der Waals surface area contributed by atoms with Crippen molar-refractivity contribution in [2.45, 2.75) is 12.8 Å². The van der Waals surface area contributed by atoms with E-state index in [9.17, 15) is 4.79 Å². The lowest BCUT2D eigenvalue weighted by atomic mass is 9.95. The van der Waals surface area contributed by atoms with E-state index in [0.29, 0.717) is 12.1 Å². The molecular weight excluding hydrogens is 250 g/mol. The third kappa shape index (κ3) is 3.25. The van der Waals surface area contributed by atoms with Crippen LogP contribution in [0.2, 0.25) is 0 Å². The Morgan fingerprint density at radius 2 is 1.95 bits per heavy atom. The molecule has 0 saturated heterocycles. The first-order valence-corrected chi connectivity index (χ1v) is 6.73. The van der Waals surface area contributed by atoms with Crippen molar-refractivity contribution in [3.05, 3.63) is 59.7 Å². The van der Waals surface area contributed by atoms with Crippen molar-refractivity contribution in [2.24, 2.45) is 5.73 Å². The van der Waals surface area contributed by atoms with Crippen molar-refractivity contribution in [2.75, 3.05) is 13.7 Å². The van der Waals surface area contributed by atoms with Crippen LogP contribution < -0.4 is 5.73 Å². The quantitative estimate of drug-likeness (QED) is 0.849. The average molecular weight is 269 g/mol. The summed E-state index contributed by atoms with van der Waals surface area (Å²) in [7, 11) is 1.39. The normalized spacial score (nSPS) is 10.3. The van der Waals surface area contributed by atoms with Gasteiger partial charge < -0.3 is 10.5 Å². The van der Waals surface area contributed by atoms with E-state index >= 15 is 0 Å². The Balaban J connectivity index is 2.38. The molecule has 0 fully saturated rings. The number of methoxy groups -OCH3 is 1. The Hall–Kier alpha value is -2.13. The number of rotatable bonds is 5. The van der Waals surface area contributed by atoms with Gasteiger partial charge in [-0.3, -0.25) is 0 Å². The van der Waals surface area contributed by atoms with Crippen LogP contribution in [0.1, 0.15) is 22.3 Å². The van der Waals surface area contributed by atoms with Crippen molar-refractivity contribution < 1.29 is 9.53 Å². The lowest BCUT2D eigenvalue weighted by Crippen LogP contribution is -2.02. The van der Waals surface area contributed by atoms with Gasteiger partial charge in [0.05, 0.1) is 12.7 Å². The molecule has 2 N–H and O–H groups in total. The summed E-state index contributed by atoms with van der Waals surface area (Å²) in [6.45, 7) is 0.677. The van der Waals surface area contributed by atoms with Gasteiger partial charge >= 0.3 is 5.97 Å². The molecule has 20 heavy (non-hydrogen) atoms. The molecular formula is C17H19NO2. The van der Waals surface area contributed by atoms with Gasteiger partial charge in [0.1, 0.15) is 0 Å². The standard InChI is InChI=1S/C17H19NO2/c1-20-17(19)15-8-4-7-14(12-15)16-10-3-2-6-13(16)9-5-11-18/h2-4,6-8,10,12H,5,9,11,18H2,1H3. The number of nitrogens with two attached hydrogens (primary N) is 1. The molecule has 0 spiro atoms. The summed E-state index contributed by atoms with van der Waals surface area (Å²) >= 11 is 0. The maximum atomic E-state index is 11.6. The van der Waals surface area contributed by atoms with Crippen LogP contribution in [0.5, 0.6) is 0 Å². The summed E-state index contributed by atoms with van der Waals surface area (Å²) in [6, 6.07) is 15.7. The molecule has 2 rings (SSSR count). The van der Waals surface area contributed by atoms with E-state index in [1.54, 1.807) is 6.07 Å². The Morgan fingerprint density at radius 1 is 1.15 bits per heavy atom. The molecule has 2 aromatic carbocycles. The number of carbonyl (C=O) groups excluding carboxylic acids is 1. The molecule has 0 aliphatic carbocycles. The molecule has 0 aromatic heterocycles. The van der Waals surface area contributed by atoms with Crippen molar-refractivity contribution in [3.8, 4) is 11.1 Å². The fraction of sp³-hybridized carbons (Fsp3) is 0.235. The molecule has 0 saturated carbocycles. The molecule has 3 heteroatoms. The Morgan fingerprint density at radius 3 is 2.70 bits per heavy atom. The van der Waals surface area contributed by atoms with Gasteiger partial charge in [-0.15, -0.1) is 0 Å². The number of carbonyl (C=O) groups is 1. The van der Waals surface area contributed by atoms with Crippen molar-refractivity contribution in [1.29, 1.82) is 0 Å². The van der Waals surface area contributed by atoms with Gasteiger partial charge in [0.25, 0.3) is 0 Å². The molecule has 0 amide bonds. The highest BCUT2D eigenvalue weighted by Gasteiger charge is 2.09. The first kappa shape index (κ1) is 14.3. The summed E-state index contributed by atoms with van der Waals surface area (Å²) in [5, 5.41) is 0. The summed E-state index contributed by atoms with van der Waals surface area (Å²) < 4.78 is 4.77. The average Bonchev–Trinajstić information content (AvgIpc) is 2.52. The van der Waals surface area contributed by atoms with E-state index in [1.165, 1.54) is 12.7 Å². The SMILES string of the molecule is COC(=O)c1cccc(-c2ccccc2CCCN)c1. The van der Waals surface area contributed by atoms with Crippen LogP contribution in [0.25, 0.3) is 11.1 Å². The topological polar surface area (TPSA) is 52.3 Å². The van der Waals surface area contributed by atoms with Gasteiger partial charge in [-0.2, -0.15) is 0 Å². The molecule has 0 atom stereocenters. The molecule has 0 aliphatic heterocycles. The van der Waals surface area contributed by atoms with Crippen molar-refractivity contribution in [1.82, 2.24) is 0 Å². The van der Waals surface area contributed by atoms with E-state index in [0.717, 1.165) is 24.0 Å². The molecule has 0 heterocycles. The Labute approximate surface area is 119 Å². The van der Waals surface area contributed by atoms with Crippen LogP contribution in [0, 0.1) is 0 Å². The number of esters is 1. The third-order valence-electron chi connectivity index (χ3n) is 3.26. The number of benzene rings is 2. The van der Waals surface area contributed by atoms with Gasteiger partial charge in [-0.1, -0.05) is 36.4 Å². The molecule has 104 valence electrons. The predicted octanol–water partition coefficient (Wildman–Crippen LogP) is 3.03. The minimum absolute atomic E-state index is 0.314. The fourth-order valence-corrected chi connectivity index (χ4v) is 2.24. The van der Waals surface area contributed by atoms with E-state index in [1.807, 2.05) is 30.3 Å². The summed E-state index contributed by atoms with van der Waals surface area (Å²) in [4.78, 5) is 11.6. The lowest BCUT2D eigenvalue weighted by Gasteiger charge is -2.10. The second kappa shape index (κ2) is 6.87. The fourth-order valence-electron chi connectivity index (χ4n) is 2.24. The largest absolute Gasteiger partial charge is 0.465 e. The zero-order valence-electron chi connectivity index (χ0n) is 11.6. The predicted molar refractivity (Wildman–Crippen MR) is 80.6 cm³/mol. The van der Waals surface area contributed by atoms with Gasteiger partial charge in [0.15, 0.2) is 0 Å². The monoisotopic (exact) mass is 269 g/mol. The summed E-state index contributed by atoms with van der Waals surface area (Å²) in [5.41, 5.74) is 9.58. The molecule has 0 unspecified atom stereocenters. The molecule has 0 radical (unpaired) electrons. The highest BCUT2D eigenvalue weighted by molar-refractivity contribution is 5.91. The number of hydrogen-bond donors (Lipinski definition) is 1. The van der Waals surface area contributed by atoms with Gasteiger partial charge in [0.2, 0.25) is 0 Å². The second-order valence-electron chi connectivity index (χ2n) is 4.62. The number of hydrogen-bond acceptors (Lipinski definition) is 3. The summed E-state index contributed by atoms with van der Waals surface area (Å²) in [5.74, 6) is -0.314. The zero-order valence-corrected chi connectivity index (χ0v) is 11.6. The highest BCUT2D eigenvalue weighted by Crippen LogP contribution is 2.25. The van der Waals surface area contributed by atoms with Crippen LogP contribution >= 0.6 is 0 Å². The third-order valence-corrected chi connectivity index (χ3v) is 3.26. The lowest BCUT2D eigenvalue weighted by molar-refractivity contribution is 0.0601. The minimum atomic E-state index is -0.314. The van der Waals surface area contributed by atoms with Crippen molar-refractivity contribution >= 4 is 5.97 Å². The maximum absolute atomic E-state index is 11.6. The van der Waals surface area contributed by atoms with E-state index in [4.69, 9.17) is 10.5 Å². The first-order chi connectivity index (χ1) is 9.76. The van der Waals surface area contributed by atoms with Crippen LogP contribution in [0.3, 0.4) is 0 Å². The molecule has 3 nitrogen and oxygen atoms in total. The van der Waals surface area contributed by atoms with E-state index in [-0.39, 0.29) is 5.97 Å². The smallest absolute Gasteiger partial charge is 0.337 e. The molecule has 2 aromatic rings. The van der Waals surface area contributed by atoms with E-state index in [2.05, 4.69) is 12.1 Å². The second-order valence-corrected chi connectivity index (χ2v) is 4.62. The highest BCUT2D eigenvalue weighted by atomic mass is 16.5. The van der Waals surface area contributed by atoms with Gasteiger partial charge in [-0.25, -0.2) is 4.79 Å². The molecule has 0 bridgehead atoms. The zero-order chi connectivity index (χ0) is 14.4. The van der Waals surface area contributed by atoms with Crippen LogP contribution in [-0.2, 0) is 11.2 Å². The Kier molecular flexibility index (Phi) is 4.91.